The molecule has 2 atom stereocenters. The lowest BCUT2D eigenvalue weighted by Crippen LogP contribution is -2.44. The Morgan fingerprint density at radius 1 is 1.39 bits per heavy atom. The highest BCUT2D eigenvalue weighted by atomic mass is 28.3. The van der Waals surface area contributed by atoms with E-state index in [4.69, 9.17) is 9.47 Å². The van der Waals surface area contributed by atoms with E-state index in [9.17, 15) is 9.59 Å². The molecule has 1 N–H and O–H groups in total. The maximum atomic E-state index is 12.2. The summed E-state index contributed by atoms with van der Waals surface area (Å²) in [7, 11) is -0.407. The van der Waals surface area contributed by atoms with Gasteiger partial charge in [0.15, 0.2) is 0 Å². The second kappa shape index (κ2) is 7.98. The van der Waals surface area contributed by atoms with Gasteiger partial charge in [-0.2, -0.15) is 0 Å². The molecule has 1 rings (SSSR count). The predicted molar refractivity (Wildman–Crippen MR) is 92.5 cm³/mol. The summed E-state index contributed by atoms with van der Waals surface area (Å²) in [6.45, 7) is 12.0. The van der Waals surface area contributed by atoms with E-state index in [1.807, 2.05) is 0 Å². The SMILES string of the molecule is COC(=O)[C@@H](CC#C[Si](C)(C)C(C)(C)C)NC(=O)[C@H]1CCOC1. The van der Waals surface area contributed by atoms with Gasteiger partial charge in [-0.05, 0) is 11.5 Å². The number of rotatable bonds is 4. The van der Waals surface area contributed by atoms with Crippen molar-refractivity contribution < 1.29 is 19.1 Å². The zero-order valence-corrected chi connectivity index (χ0v) is 16.1. The lowest BCUT2D eigenvalue weighted by atomic mass is 10.1. The van der Waals surface area contributed by atoms with Gasteiger partial charge in [0.1, 0.15) is 14.1 Å². The normalized spacial score (nSPS) is 19.5. The Kier molecular flexibility index (Phi) is 6.84. The molecule has 1 fully saturated rings. The summed E-state index contributed by atoms with van der Waals surface area (Å²) in [6.07, 6.45) is 0.966. The molecule has 0 saturated carbocycles. The first-order valence-corrected chi connectivity index (χ1v) is 11.0. The number of hydrogen-bond donors (Lipinski definition) is 1. The van der Waals surface area contributed by atoms with E-state index in [2.05, 4.69) is 50.6 Å². The second-order valence-electron chi connectivity index (χ2n) is 7.53. The minimum Gasteiger partial charge on any atom is -0.467 e. The quantitative estimate of drug-likeness (QED) is 0.484. The molecule has 0 aliphatic carbocycles. The number of carbonyl (C=O) groups is 2. The van der Waals surface area contributed by atoms with Crippen LogP contribution in [0.2, 0.25) is 18.1 Å². The van der Waals surface area contributed by atoms with Gasteiger partial charge in [-0.3, -0.25) is 4.79 Å². The highest BCUT2D eigenvalue weighted by molar-refractivity contribution is 6.87. The summed E-state index contributed by atoms with van der Waals surface area (Å²) >= 11 is 0. The molecule has 0 aromatic rings. The van der Waals surface area contributed by atoms with Crippen molar-refractivity contribution in [2.45, 2.75) is 57.8 Å². The predicted octanol–water partition coefficient (Wildman–Crippen LogP) is 2.12. The molecular weight excluding hydrogens is 310 g/mol. The van der Waals surface area contributed by atoms with Gasteiger partial charge in [-0.25, -0.2) is 4.79 Å². The van der Waals surface area contributed by atoms with E-state index in [-0.39, 0.29) is 23.3 Å². The molecule has 0 spiro atoms. The van der Waals surface area contributed by atoms with Gasteiger partial charge in [-0.15, -0.1) is 11.5 Å². The molecule has 1 heterocycles. The van der Waals surface area contributed by atoms with Crippen molar-refractivity contribution in [2.75, 3.05) is 20.3 Å². The molecule has 1 aliphatic heterocycles. The second-order valence-corrected chi connectivity index (χ2v) is 12.5. The lowest BCUT2D eigenvalue weighted by molar-refractivity contribution is -0.145. The van der Waals surface area contributed by atoms with Gasteiger partial charge >= 0.3 is 5.97 Å². The van der Waals surface area contributed by atoms with Gasteiger partial charge in [-0.1, -0.05) is 33.9 Å². The van der Waals surface area contributed by atoms with E-state index >= 15 is 0 Å². The standard InChI is InChI=1S/C17H29NO4Si/c1-17(2,3)23(5,6)11-7-8-14(16(20)21-4)18-15(19)13-9-10-22-12-13/h13-14H,8-10,12H2,1-6H3,(H,18,19)/t13-,14+/m0/s1. The first-order valence-electron chi connectivity index (χ1n) is 8.04. The van der Waals surface area contributed by atoms with Crippen molar-refractivity contribution in [3.63, 3.8) is 0 Å². The molecule has 1 saturated heterocycles. The third-order valence-corrected chi connectivity index (χ3v) is 9.24. The third-order valence-electron chi connectivity index (χ3n) is 4.68. The highest BCUT2D eigenvalue weighted by Crippen LogP contribution is 2.35. The van der Waals surface area contributed by atoms with Crippen LogP contribution < -0.4 is 5.32 Å². The van der Waals surface area contributed by atoms with Gasteiger partial charge in [0, 0.05) is 13.0 Å². The molecule has 6 heteroatoms. The monoisotopic (exact) mass is 339 g/mol. The van der Waals surface area contributed by atoms with Crippen LogP contribution in [0, 0.1) is 17.4 Å². The minimum absolute atomic E-state index is 0.158. The van der Waals surface area contributed by atoms with Gasteiger partial charge in [0.25, 0.3) is 0 Å². The van der Waals surface area contributed by atoms with Gasteiger partial charge in [0.05, 0.1) is 19.6 Å². The van der Waals surface area contributed by atoms with Crippen molar-refractivity contribution in [1.29, 1.82) is 0 Å². The average Bonchev–Trinajstić information content (AvgIpc) is 2.98. The molecule has 0 aromatic heterocycles. The first-order chi connectivity index (χ1) is 10.6. The average molecular weight is 340 g/mol. The highest BCUT2D eigenvalue weighted by Gasteiger charge is 2.34. The van der Waals surface area contributed by atoms with Crippen molar-refractivity contribution in [3.05, 3.63) is 0 Å². The number of carbonyl (C=O) groups excluding carboxylic acids is 2. The maximum Gasteiger partial charge on any atom is 0.329 e. The van der Waals surface area contributed by atoms with Crippen LogP contribution >= 0.6 is 0 Å². The Morgan fingerprint density at radius 2 is 2.04 bits per heavy atom. The molecule has 0 bridgehead atoms. The smallest absolute Gasteiger partial charge is 0.329 e. The molecule has 1 aliphatic rings. The Morgan fingerprint density at radius 3 is 2.52 bits per heavy atom. The number of esters is 1. The topological polar surface area (TPSA) is 64.6 Å². The van der Waals surface area contributed by atoms with Crippen LogP contribution in [0.15, 0.2) is 0 Å². The van der Waals surface area contributed by atoms with E-state index < -0.39 is 20.1 Å². The Labute approximate surface area is 140 Å². The summed E-state index contributed by atoms with van der Waals surface area (Å²) in [5.74, 6) is 2.31. The molecule has 23 heavy (non-hydrogen) atoms. The molecule has 1 amide bonds. The van der Waals surface area contributed by atoms with Crippen LogP contribution in [0.4, 0.5) is 0 Å². The van der Waals surface area contributed by atoms with Crippen molar-refractivity contribution in [3.8, 4) is 11.5 Å². The number of hydrogen-bond acceptors (Lipinski definition) is 4. The van der Waals surface area contributed by atoms with Crippen molar-refractivity contribution >= 4 is 20.0 Å². The van der Waals surface area contributed by atoms with E-state index in [1.165, 1.54) is 7.11 Å². The molecule has 0 unspecified atom stereocenters. The van der Waals surface area contributed by atoms with Crippen LogP contribution in [0.25, 0.3) is 0 Å². The van der Waals surface area contributed by atoms with E-state index in [1.54, 1.807) is 0 Å². The number of nitrogens with one attached hydrogen (secondary N) is 1. The fourth-order valence-electron chi connectivity index (χ4n) is 1.93. The summed E-state index contributed by atoms with van der Waals surface area (Å²) in [6, 6.07) is -0.717. The fraction of sp³-hybridized carbons (Fsp3) is 0.765. The maximum absolute atomic E-state index is 12.2. The Balaban J connectivity index is 2.73. The summed E-state index contributed by atoms with van der Waals surface area (Å²) in [4.78, 5) is 24.0. The summed E-state index contributed by atoms with van der Waals surface area (Å²) < 4.78 is 9.99. The van der Waals surface area contributed by atoms with Crippen LogP contribution in [0.1, 0.15) is 33.6 Å². The molecule has 5 nitrogen and oxygen atoms in total. The van der Waals surface area contributed by atoms with Crippen LogP contribution in [0.3, 0.4) is 0 Å². The van der Waals surface area contributed by atoms with Crippen molar-refractivity contribution in [2.24, 2.45) is 5.92 Å². The summed E-state index contributed by atoms with van der Waals surface area (Å²) in [5.41, 5.74) is 3.36. The zero-order valence-electron chi connectivity index (χ0n) is 15.1. The number of methoxy groups -OCH3 is 1. The molecule has 130 valence electrons. The first kappa shape index (κ1) is 19.7. The van der Waals surface area contributed by atoms with E-state index in [0.717, 1.165) is 0 Å². The minimum atomic E-state index is -1.73. The fourth-order valence-corrected chi connectivity index (χ4v) is 2.85. The van der Waals surface area contributed by atoms with Crippen LogP contribution in [-0.2, 0) is 19.1 Å². The molecule has 0 radical (unpaired) electrons. The van der Waals surface area contributed by atoms with Crippen LogP contribution in [0.5, 0.6) is 0 Å². The molecule has 0 aromatic carbocycles. The number of amides is 1. The Bertz CT molecular complexity index is 493. The zero-order chi connectivity index (χ0) is 17.7. The largest absolute Gasteiger partial charge is 0.467 e. The lowest BCUT2D eigenvalue weighted by Gasteiger charge is -2.31. The van der Waals surface area contributed by atoms with E-state index in [0.29, 0.717) is 19.6 Å². The van der Waals surface area contributed by atoms with Crippen LogP contribution in [-0.4, -0.2) is 46.3 Å². The van der Waals surface area contributed by atoms with Gasteiger partial charge < -0.3 is 14.8 Å². The van der Waals surface area contributed by atoms with Crippen molar-refractivity contribution in [1.82, 2.24) is 5.32 Å². The number of ether oxygens (including phenoxy) is 2. The summed E-state index contributed by atoms with van der Waals surface area (Å²) in [5, 5.41) is 2.91. The van der Waals surface area contributed by atoms with Gasteiger partial charge in [0.2, 0.25) is 5.91 Å². The molecular formula is C17H29NO4Si. The third kappa shape index (κ3) is 5.67. The Hall–Kier alpha value is -1.32.